The number of unbranched alkanes of at least 4 members (excludes halogenated alkanes) is 3. The highest BCUT2D eigenvalue weighted by atomic mass is 15.1. The maximum Gasteiger partial charge on any atom is 0.151 e. The van der Waals surface area contributed by atoms with Crippen LogP contribution in [0, 0.1) is 0 Å². The smallest absolute Gasteiger partial charge is 0.151 e. The summed E-state index contributed by atoms with van der Waals surface area (Å²) < 4.78 is 0. The van der Waals surface area contributed by atoms with Crippen LogP contribution >= 0.6 is 0 Å². The lowest BCUT2D eigenvalue weighted by atomic mass is 10.1. The minimum atomic E-state index is 0.581. The van der Waals surface area contributed by atoms with Crippen LogP contribution in [0.15, 0.2) is 6.20 Å². The summed E-state index contributed by atoms with van der Waals surface area (Å²) in [5.74, 6) is 1.46. The van der Waals surface area contributed by atoms with Crippen LogP contribution in [0.3, 0.4) is 0 Å². The largest absolute Gasteiger partial charge is 0.382 e. The Hall–Kier alpha value is -1.62. The Morgan fingerprint density at radius 3 is 2.64 bits per heavy atom. The second-order valence-electron chi connectivity index (χ2n) is 7.21. The molecule has 2 rings (SSSR count). The van der Waals surface area contributed by atoms with Gasteiger partial charge in [0.25, 0.3) is 0 Å². The van der Waals surface area contributed by atoms with E-state index in [1.54, 1.807) is 0 Å². The summed E-state index contributed by atoms with van der Waals surface area (Å²) in [6, 6.07) is 0.676. The van der Waals surface area contributed by atoms with Crippen LogP contribution in [-0.4, -0.2) is 39.5 Å². The maximum atomic E-state index is 6.11. The van der Waals surface area contributed by atoms with Crippen LogP contribution < -0.4 is 5.73 Å². The number of rotatable bonds is 11. The summed E-state index contributed by atoms with van der Waals surface area (Å²) in [4.78, 5) is 14.9. The fourth-order valence-electron chi connectivity index (χ4n) is 3.15. The Morgan fingerprint density at radius 1 is 1.12 bits per heavy atom. The maximum absolute atomic E-state index is 6.11. The number of nitrogens with zero attached hydrogens (tertiary/aromatic N) is 3. The van der Waals surface area contributed by atoms with E-state index in [0.717, 1.165) is 42.5 Å². The number of nitrogens with one attached hydrogen (secondary N) is 1. The summed E-state index contributed by atoms with van der Waals surface area (Å²) in [6.45, 7) is 7.91. The molecule has 0 aromatic carbocycles. The molecule has 2 aromatic heterocycles. The van der Waals surface area contributed by atoms with Crippen molar-refractivity contribution < 1.29 is 0 Å². The average molecular weight is 346 g/mol. The number of fused-ring (bicyclic) bond motifs is 1. The van der Waals surface area contributed by atoms with Gasteiger partial charge in [0.15, 0.2) is 5.82 Å². The number of H-pyrrole nitrogens is 1. The zero-order chi connectivity index (χ0) is 18.2. The molecule has 0 saturated carbocycles. The number of aromatic nitrogens is 3. The molecule has 0 aliphatic carbocycles. The first-order valence-corrected chi connectivity index (χ1v) is 9.89. The third-order valence-electron chi connectivity index (χ3n) is 5.23. The van der Waals surface area contributed by atoms with E-state index in [9.17, 15) is 0 Å². The molecule has 5 heteroatoms. The molecule has 0 aliphatic rings. The molecule has 140 valence electrons. The molecule has 0 bridgehead atoms. The highest BCUT2D eigenvalue weighted by molar-refractivity contribution is 5.87. The molecule has 2 heterocycles. The van der Waals surface area contributed by atoms with Gasteiger partial charge in [-0.25, -0.2) is 9.97 Å². The van der Waals surface area contributed by atoms with E-state index in [-0.39, 0.29) is 0 Å². The average Bonchev–Trinajstić information content (AvgIpc) is 3.02. The van der Waals surface area contributed by atoms with E-state index >= 15 is 0 Å². The molecule has 0 amide bonds. The van der Waals surface area contributed by atoms with Crippen LogP contribution in [0.5, 0.6) is 0 Å². The molecule has 0 saturated heterocycles. The van der Waals surface area contributed by atoms with Gasteiger partial charge in [-0.2, -0.15) is 0 Å². The first-order chi connectivity index (χ1) is 12.1. The van der Waals surface area contributed by atoms with Gasteiger partial charge in [0.05, 0.1) is 5.52 Å². The molecule has 3 N–H and O–H groups in total. The third-order valence-corrected chi connectivity index (χ3v) is 5.23. The first kappa shape index (κ1) is 19.7. The number of nitrogens with two attached hydrogens (primary N) is 1. The van der Waals surface area contributed by atoms with Gasteiger partial charge in [-0.3, -0.25) is 0 Å². The number of aromatic amines is 1. The number of nitrogen functional groups attached to an aromatic ring is 1. The number of hydrogen-bond acceptors (Lipinski definition) is 4. The second-order valence-corrected chi connectivity index (χ2v) is 7.21. The van der Waals surface area contributed by atoms with Crippen molar-refractivity contribution in [3.63, 3.8) is 0 Å². The molecular weight excluding hydrogens is 310 g/mol. The van der Waals surface area contributed by atoms with Crippen molar-refractivity contribution >= 4 is 16.9 Å². The lowest BCUT2D eigenvalue weighted by Crippen LogP contribution is -2.29. The molecule has 1 unspecified atom stereocenters. The molecule has 5 nitrogen and oxygen atoms in total. The van der Waals surface area contributed by atoms with Crippen molar-refractivity contribution in [1.82, 2.24) is 19.9 Å². The Kier molecular flexibility index (Phi) is 7.69. The van der Waals surface area contributed by atoms with Gasteiger partial charge >= 0.3 is 0 Å². The van der Waals surface area contributed by atoms with Crippen LogP contribution in [0.2, 0.25) is 0 Å². The van der Waals surface area contributed by atoms with E-state index in [0.29, 0.717) is 11.9 Å². The highest BCUT2D eigenvalue weighted by Crippen LogP contribution is 2.22. The van der Waals surface area contributed by atoms with Gasteiger partial charge in [-0.05, 0) is 58.2 Å². The summed E-state index contributed by atoms with van der Waals surface area (Å²) >= 11 is 0. The predicted molar refractivity (Wildman–Crippen MR) is 107 cm³/mol. The topological polar surface area (TPSA) is 70.8 Å². The van der Waals surface area contributed by atoms with E-state index in [1.807, 2.05) is 0 Å². The highest BCUT2D eigenvalue weighted by Gasteiger charge is 2.11. The number of anilines is 1. The van der Waals surface area contributed by atoms with Crippen molar-refractivity contribution in [2.45, 2.75) is 78.2 Å². The van der Waals surface area contributed by atoms with E-state index in [4.69, 9.17) is 10.7 Å². The molecule has 0 aliphatic heterocycles. The Labute approximate surface area is 152 Å². The minimum Gasteiger partial charge on any atom is -0.382 e. The van der Waals surface area contributed by atoms with E-state index in [1.165, 1.54) is 37.8 Å². The SMILES string of the molecule is CCCCc1nc(N)c2[nH]cc(CCCCCN(C)C(C)CC)c2n1. The quantitative estimate of drug-likeness (QED) is 0.595. The van der Waals surface area contributed by atoms with Crippen molar-refractivity contribution in [2.24, 2.45) is 0 Å². The number of aryl methyl sites for hydroxylation is 2. The van der Waals surface area contributed by atoms with Gasteiger partial charge in [-0.1, -0.05) is 26.7 Å². The zero-order valence-corrected chi connectivity index (χ0v) is 16.4. The lowest BCUT2D eigenvalue weighted by Gasteiger charge is -2.23. The summed E-state index contributed by atoms with van der Waals surface area (Å²) in [5.41, 5.74) is 9.30. The molecule has 25 heavy (non-hydrogen) atoms. The molecule has 1 atom stereocenters. The van der Waals surface area contributed by atoms with Crippen LogP contribution in [0.4, 0.5) is 5.82 Å². The normalized spacial score (nSPS) is 13.0. The van der Waals surface area contributed by atoms with E-state index < -0.39 is 0 Å². The molecule has 0 spiro atoms. The summed E-state index contributed by atoms with van der Waals surface area (Å²) in [6.07, 6.45) is 11.2. The fraction of sp³-hybridized carbons (Fsp3) is 0.700. The first-order valence-electron chi connectivity index (χ1n) is 9.89. The standard InChI is InChI=1S/C20H35N5/c1-5-7-12-17-23-18-16(14-22-19(18)20(21)24-17)11-9-8-10-13-25(4)15(3)6-2/h14-15,22H,5-13H2,1-4H3,(H2,21,23,24). The van der Waals surface area contributed by atoms with Crippen LogP contribution in [0.25, 0.3) is 11.0 Å². The molecule has 2 aromatic rings. The van der Waals surface area contributed by atoms with Gasteiger partial charge in [-0.15, -0.1) is 0 Å². The monoisotopic (exact) mass is 345 g/mol. The predicted octanol–water partition coefficient (Wildman–Crippen LogP) is 4.33. The van der Waals surface area contributed by atoms with Crippen molar-refractivity contribution in [2.75, 3.05) is 19.3 Å². The van der Waals surface area contributed by atoms with Crippen LogP contribution in [0.1, 0.15) is 70.7 Å². The zero-order valence-electron chi connectivity index (χ0n) is 16.4. The van der Waals surface area contributed by atoms with Gasteiger partial charge in [0.1, 0.15) is 11.3 Å². The minimum absolute atomic E-state index is 0.581. The van der Waals surface area contributed by atoms with E-state index in [2.05, 4.69) is 48.9 Å². The Morgan fingerprint density at radius 2 is 1.92 bits per heavy atom. The van der Waals surface area contributed by atoms with Gasteiger partial charge < -0.3 is 15.6 Å². The molecule has 0 radical (unpaired) electrons. The third kappa shape index (κ3) is 5.43. The van der Waals surface area contributed by atoms with Crippen molar-refractivity contribution in [1.29, 1.82) is 0 Å². The Bertz CT molecular complexity index is 649. The van der Waals surface area contributed by atoms with Crippen molar-refractivity contribution in [3.05, 3.63) is 17.6 Å². The summed E-state index contributed by atoms with van der Waals surface area (Å²) in [7, 11) is 2.23. The number of hydrogen-bond donors (Lipinski definition) is 2. The molecule has 0 fully saturated rings. The lowest BCUT2D eigenvalue weighted by molar-refractivity contribution is 0.246. The second kappa shape index (κ2) is 9.76. The van der Waals surface area contributed by atoms with Crippen LogP contribution in [-0.2, 0) is 12.8 Å². The van der Waals surface area contributed by atoms with Gasteiger partial charge in [0.2, 0.25) is 0 Å². The fourth-order valence-corrected chi connectivity index (χ4v) is 3.15. The Balaban J connectivity index is 1.89. The summed E-state index contributed by atoms with van der Waals surface area (Å²) in [5, 5.41) is 0. The molecular formula is C20H35N5. The van der Waals surface area contributed by atoms with Crippen molar-refractivity contribution in [3.8, 4) is 0 Å². The van der Waals surface area contributed by atoms with Gasteiger partial charge in [0, 0.05) is 18.7 Å².